The molecule has 0 bridgehead atoms. The molecular weight excluding hydrogens is 180 g/mol. The Kier molecular flexibility index (Phi) is 2.43. The van der Waals surface area contributed by atoms with Crippen molar-refractivity contribution in [2.24, 2.45) is 5.92 Å². The van der Waals surface area contributed by atoms with Gasteiger partial charge in [0.1, 0.15) is 6.33 Å². The predicted molar refractivity (Wildman–Crippen MR) is 49.6 cm³/mol. The van der Waals surface area contributed by atoms with E-state index in [1.54, 1.807) is 12.5 Å². The maximum absolute atomic E-state index is 11.3. The van der Waals surface area contributed by atoms with Gasteiger partial charge in [-0.1, -0.05) is 0 Å². The predicted octanol–water partition coefficient (Wildman–Crippen LogP) is 0.755. The van der Waals surface area contributed by atoms with Gasteiger partial charge in [-0.05, 0) is 24.8 Å². The fraction of sp³-hybridized carbons (Fsp3) is 0.500. The van der Waals surface area contributed by atoms with Crippen LogP contribution in [0.3, 0.4) is 0 Å². The third-order valence-electron chi connectivity index (χ3n) is 2.61. The Morgan fingerprint density at radius 3 is 3.29 bits per heavy atom. The Bertz CT molecular complexity index is 352. The summed E-state index contributed by atoms with van der Waals surface area (Å²) in [6.07, 6.45) is 5.73. The quantitative estimate of drug-likeness (QED) is 0.616. The number of hydrogen-bond donors (Lipinski definition) is 0. The van der Waals surface area contributed by atoms with Crippen LogP contribution in [0.5, 0.6) is 0 Å². The van der Waals surface area contributed by atoms with Crippen LogP contribution in [-0.2, 0) is 22.4 Å². The zero-order valence-corrected chi connectivity index (χ0v) is 8.06. The maximum Gasteiger partial charge on any atom is 0.309 e. The van der Waals surface area contributed by atoms with Crippen LogP contribution in [0, 0.1) is 5.92 Å². The number of aryl methyl sites for hydroxylation is 1. The molecule has 1 aliphatic carbocycles. The van der Waals surface area contributed by atoms with Crippen molar-refractivity contribution in [3.8, 4) is 0 Å². The van der Waals surface area contributed by atoms with Crippen molar-refractivity contribution in [1.82, 2.24) is 9.97 Å². The van der Waals surface area contributed by atoms with Gasteiger partial charge in [0.15, 0.2) is 0 Å². The molecule has 0 N–H and O–H groups in total. The molecule has 0 radical (unpaired) electrons. The summed E-state index contributed by atoms with van der Waals surface area (Å²) in [5, 5.41) is 0. The molecule has 0 amide bonds. The van der Waals surface area contributed by atoms with Crippen LogP contribution in [-0.4, -0.2) is 23.0 Å². The third kappa shape index (κ3) is 1.60. The van der Waals surface area contributed by atoms with Gasteiger partial charge in [-0.3, -0.25) is 4.79 Å². The molecule has 0 aromatic carbocycles. The number of methoxy groups -OCH3 is 1. The molecular formula is C10H12N2O2. The molecule has 0 fully saturated rings. The average molecular weight is 192 g/mol. The molecule has 74 valence electrons. The van der Waals surface area contributed by atoms with Crippen LogP contribution in [0.4, 0.5) is 0 Å². The molecule has 0 unspecified atom stereocenters. The summed E-state index contributed by atoms with van der Waals surface area (Å²) in [5.41, 5.74) is 2.15. The van der Waals surface area contributed by atoms with Crippen LogP contribution in [0.1, 0.15) is 17.7 Å². The van der Waals surface area contributed by atoms with Gasteiger partial charge in [0.2, 0.25) is 0 Å². The zero-order valence-electron chi connectivity index (χ0n) is 8.06. The number of hydrogen-bond acceptors (Lipinski definition) is 4. The highest BCUT2D eigenvalue weighted by Crippen LogP contribution is 2.23. The summed E-state index contributed by atoms with van der Waals surface area (Å²) >= 11 is 0. The summed E-state index contributed by atoms with van der Waals surface area (Å²) in [7, 11) is 1.43. The lowest BCUT2D eigenvalue weighted by Crippen LogP contribution is -2.24. The van der Waals surface area contributed by atoms with Crippen molar-refractivity contribution in [1.29, 1.82) is 0 Å². The summed E-state index contributed by atoms with van der Waals surface area (Å²) in [6.45, 7) is 0. The molecule has 0 saturated carbocycles. The summed E-state index contributed by atoms with van der Waals surface area (Å²) in [4.78, 5) is 19.4. The minimum absolute atomic E-state index is 0.0153. The summed E-state index contributed by atoms with van der Waals surface area (Å²) in [5.74, 6) is -0.141. The zero-order chi connectivity index (χ0) is 9.97. The number of aromatic nitrogens is 2. The number of ether oxygens (including phenoxy) is 1. The first kappa shape index (κ1) is 9.12. The van der Waals surface area contributed by atoms with Crippen LogP contribution in [0.2, 0.25) is 0 Å². The van der Waals surface area contributed by atoms with Crippen LogP contribution < -0.4 is 0 Å². The van der Waals surface area contributed by atoms with E-state index in [1.165, 1.54) is 7.11 Å². The number of carbonyl (C=O) groups excluding carboxylic acids is 1. The van der Waals surface area contributed by atoms with E-state index in [0.29, 0.717) is 6.42 Å². The van der Waals surface area contributed by atoms with Crippen molar-refractivity contribution in [2.75, 3.05) is 7.11 Å². The topological polar surface area (TPSA) is 52.1 Å². The third-order valence-corrected chi connectivity index (χ3v) is 2.61. The molecule has 4 heteroatoms. The van der Waals surface area contributed by atoms with Crippen molar-refractivity contribution in [2.45, 2.75) is 19.3 Å². The molecule has 1 aromatic rings. The maximum atomic E-state index is 11.3. The molecule has 0 aliphatic heterocycles. The first-order chi connectivity index (χ1) is 6.81. The monoisotopic (exact) mass is 192 g/mol. The molecule has 14 heavy (non-hydrogen) atoms. The highest BCUT2D eigenvalue weighted by molar-refractivity contribution is 5.73. The number of esters is 1. The minimum Gasteiger partial charge on any atom is -0.469 e. The van der Waals surface area contributed by atoms with E-state index >= 15 is 0 Å². The first-order valence-corrected chi connectivity index (χ1v) is 4.67. The van der Waals surface area contributed by atoms with Gasteiger partial charge in [-0.15, -0.1) is 0 Å². The Morgan fingerprint density at radius 2 is 2.50 bits per heavy atom. The molecule has 1 atom stereocenters. The second kappa shape index (κ2) is 3.74. The van der Waals surface area contributed by atoms with Gasteiger partial charge < -0.3 is 4.74 Å². The molecule has 0 spiro atoms. The fourth-order valence-corrected chi connectivity index (χ4v) is 1.83. The second-order valence-electron chi connectivity index (χ2n) is 3.46. The van der Waals surface area contributed by atoms with E-state index in [4.69, 9.17) is 4.74 Å². The van der Waals surface area contributed by atoms with E-state index in [-0.39, 0.29) is 11.9 Å². The summed E-state index contributed by atoms with van der Waals surface area (Å²) < 4.78 is 4.72. The molecule has 1 heterocycles. The van der Waals surface area contributed by atoms with E-state index in [0.717, 1.165) is 24.1 Å². The van der Waals surface area contributed by atoms with Crippen molar-refractivity contribution in [3.63, 3.8) is 0 Å². The van der Waals surface area contributed by atoms with Crippen LogP contribution in [0.15, 0.2) is 12.5 Å². The Hall–Kier alpha value is -1.45. The molecule has 4 nitrogen and oxygen atoms in total. The van der Waals surface area contributed by atoms with Crippen molar-refractivity contribution < 1.29 is 9.53 Å². The lowest BCUT2D eigenvalue weighted by Gasteiger charge is -2.20. The van der Waals surface area contributed by atoms with Gasteiger partial charge >= 0.3 is 5.97 Å². The smallest absolute Gasteiger partial charge is 0.309 e. The van der Waals surface area contributed by atoms with E-state index in [2.05, 4.69) is 9.97 Å². The average Bonchev–Trinajstić information content (AvgIpc) is 2.27. The van der Waals surface area contributed by atoms with Gasteiger partial charge in [-0.25, -0.2) is 9.97 Å². The van der Waals surface area contributed by atoms with Gasteiger partial charge in [-0.2, -0.15) is 0 Å². The molecule has 0 saturated heterocycles. The molecule has 1 aromatic heterocycles. The lowest BCUT2D eigenvalue weighted by molar-refractivity contribution is -0.145. The first-order valence-electron chi connectivity index (χ1n) is 4.67. The molecule has 2 rings (SSSR count). The standard InChI is InChI=1S/C10H12N2O2/c1-14-10(13)7-2-3-9-8(4-7)5-11-6-12-9/h5-7H,2-4H2,1H3/t7-/m0/s1. The highest BCUT2D eigenvalue weighted by atomic mass is 16.5. The Balaban J connectivity index is 2.17. The van der Waals surface area contributed by atoms with E-state index in [9.17, 15) is 4.79 Å². The van der Waals surface area contributed by atoms with Crippen molar-refractivity contribution in [3.05, 3.63) is 23.8 Å². The van der Waals surface area contributed by atoms with Gasteiger partial charge in [0, 0.05) is 11.9 Å². The summed E-state index contributed by atoms with van der Waals surface area (Å²) in [6, 6.07) is 0. The normalized spacial score (nSPS) is 19.9. The highest BCUT2D eigenvalue weighted by Gasteiger charge is 2.25. The number of carbonyl (C=O) groups is 1. The van der Waals surface area contributed by atoms with E-state index in [1.807, 2.05) is 0 Å². The minimum atomic E-state index is -0.125. The van der Waals surface area contributed by atoms with Crippen LogP contribution >= 0.6 is 0 Å². The lowest BCUT2D eigenvalue weighted by atomic mass is 9.87. The second-order valence-corrected chi connectivity index (χ2v) is 3.46. The number of nitrogens with zero attached hydrogens (tertiary/aromatic N) is 2. The van der Waals surface area contributed by atoms with Crippen molar-refractivity contribution >= 4 is 5.97 Å². The molecule has 1 aliphatic rings. The largest absolute Gasteiger partial charge is 0.469 e. The van der Waals surface area contributed by atoms with Gasteiger partial charge in [0.05, 0.1) is 13.0 Å². The van der Waals surface area contributed by atoms with Gasteiger partial charge in [0.25, 0.3) is 0 Å². The Morgan fingerprint density at radius 1 is 1.64 bits per heavy atom. The number of rotatable bonds is 1. The fourth-order valence-electron chi connectivity index (χ4n) is 1.83. The SMILES string of the molecule is COC(=O)[C@H]1CCc2ncncc2C1. The van der Waals surface area contributed by atoms with E-state index < -0.39 is 0 Å². The number of fused-ring (bicyclic) bond motifs is 1. The Labute approximate surface area is 82.3 Å². The van der Waals surface area contributed by atoms with Crippen LogP contribution in [0.25, 0.3) is 0 Å².